The first kappa shape index (κ1) is 27.1. The van der Waals surface area contributed by atoms with Gasteiger partial charge in [0.05, 0.1) is 11.4 Å². The average Bonchev–Trinajstić information content (AvgIpc) is 2.84. The number of rotatable bonds is 9. The third-order valence-electron chi connectivity index (χ3n) is 6.26. The van der Waals surface area contributed by atoms with Crippen LogP contribution in [0.2, 0.25) is 5.02 Å². The van der Waals surface area contributed by atoms with Crippen molar-refractivity contribution in [2.75, 3.05) is 13.6 Å². The molecule has 0 aromatic heterocycles. The molecular weight excluding hydrogens is 493 g/mol. The van der Waals surface area contributed by atoms with E-state index in [0.29, 0.717) is 10.6 Å². The van der Waals surface area contributed by atoms with Crippen LogP contribution >= 0.6 is 11.6 Å². The number of sulfonamides is 1. The molecule has 1 fully saturated rings. The maximum Gasteiger partial charge on any atom is 0.243 e. The molecule has 0 aliphatic heterocycles. The van der Waals surface area contributed by atoms with Gasteiger partial charge in [0.1, 0.15) is 11.9 Å². The minimum absolute atomic E-state index is 0.00498. The number of nitrogens with zero attached hydrogens (tertiary/aromatic N) is 2. The maximum atomic E-state index is 13.4. The second-order valence-electron chi connectivity index (χ2n) is 8.88. The maximum absolute atomic E-state index is 13.4. The second kappa shape index (κ2) is 12.0. The van der Waals surface area contributed by atoms with Crippen molar-refractivity contribution in [1.29, 1.82) is 0 Å². The lowest BCUT2D eigenvalue weighted by molar-refractivity contribution is -0.141. The molecule has 1 atom stereocenters. The van der Waals surface area contributed by atoms with Crippen LogP contribution in [-0.2, 0) is 26.2 Å². The van der Waals surface area contributed by atoms with Crippen molar-refractivity contribution in [3.63, 3.8) is 0 Å². The van der Waals surface area contributed by atoms with Gasteiger partial charge in [0, 0.05) is 24.7 Å². The molecule has 3 rings (SSSR count). The summed E-state index contributed by atoms with van der Waals surface area (Å²) in [5.41, 5.74) is 0.625. The van der Waals surface area contributed by atoms with Crippen molar-refractivity contribution in [2.24, 2.45) is 0 Å². The van der Waals surface area contributed by atoms with Crippen molar-refractivity contribution in [3.05, 3.63) is 64.9 Å². The van der Waals surface area contributed by atoms with Gasteiger partial charge >= 0.3 is 0 Å². The van der Waals surface area contributed by atoms with Crippen molar-refractivity contribution >= 4 is 33.4 Å². The molecule has 0 bridgehead atoms. The van der Waals surface area contributed by atoms with E-state index >= 15 is 0 Å². The Hall–Kier alpha value is -2.49. The van der Waals surface area contributed by atoms with Gasteiger partial charge in [-0.05, 0) is 61.7 Å². The third-order valence-corrected chi connectivity index (χ3v) is 8.33. The van der Waals surface area contributed by atoms with E-state index < -0.39 is 34.3 Å². The Balaban J connectivity index is 1.78. The van der Waals surface area contributed by atoms with Crippen LogP contribution < -0.4 is 5.32 Å². The molecule has 1 aliphatic carbocycles. The van der Waals surface area contributed by atoms with Gasteiger partial charge in [-0.3, -0.25) is 9.59 Å². The molecule has 1 N–H and O–H groups in total. The standard InChI is InChI=1S/C25H31ClFN3O4S/c1-18(25(32)28-22-6-4-3-5-7-22)30(16-19-8-12-21(27)13-9-19)24(31)17-29(2)35(33,34)23-14-10-20(26)11-15-23/h8-15,18,22H,3-7,16-17H2,1-2H3,(H,28,32)/t18-/m1/s1. The quantitative estimate of drug-likeness (QED) is 0.539. The fourth-order valence-electron chi connectivity index (χ4n) is 4.09. The summed E-state index contributed by atoms with van der Waals surface area (Å²) in [6, 6.07) is 10.5. The molecule has 1 saturated carbocycles. The fourth-order valence-corrected chi connectivity index (χ4v) is 5.34. The van der Waals surface area contributed by atoms with Crippen LogP contribution in [0.15, 0.2) is 53.4 Å². The third kappa shape index (κ3) is 7.25. The normalized spacial score (nSPS) is 15.6. The van der Waals surface area contributed by atoms with Gasteiger partial charge in [-0.1, -0.05) is 43.0 Å². The SMILES string of the molecule is C[C@H](C(=O)NC1CCCCC1)N(Cc1ccc(F)cc1)C(=O)CN(C)S(=O)(=O)c1ccc(Cl)cc1. The first-order chi connectivity index (χ1) is 16.6. The predicted octanol–water partition coefficient (Wildman–Crippen LogP) is 3.97. The molecule has 0 saturated heterocycles. The number of carbonyl (C=O) groups is 2. The number of hydrogen-bond acceptors (Lipinski definition) is 4. The molecule has 190 valence electrons. The Morgan fingerprint density at radius 1 is 1.06 bits per heavy atom. The highest BCUT2D eigenvalue weighted by Crippen LogP contribution is 2.20. The predicted molar refractivity (Wildman–Crippen MR) is 133 cm³/mol. The molecule has 10 heteroatoms. The number of amides is 2. The summed E-state index contributed by atoms with van der Waals surface area (Å²) in [7, 11) is -2.64. The Bertz CT molecular complexity index is 1120. The molecule has 0 unspecified atom stereocenters. The molecule has 1 aliphatic rings. The minimum atomic E-state index is -3.95. The molecule has 2 amide bonds. The zero-order valence-corrected chi connectivity index (χ0v) is 21.5. The fraction of sp³-hybridized carbons (Fsp3) is 0.440. The number of hydrogen-bond donors (Lipinski definition) is 1. The number of halogens is 2. The lowest BCUT2D eigenvalue weighted by atomic mass is 9.95. The summed E-state index contributed by atoms with van der Waals surface area (Å²) in [6.45, 7) is 1.19. The van der Waals surface area contributed by atoms with Gasteiger partial charge in [0.15, 0.2) is 0 Å². The summed E-state index contributed by atoms with van der Waals surface area (Å²) in [5.74, 6) is -1.25. The molecule has 2 aromatic rings. The van der Waals surface area contributed by atoms with E-state index in [2.05, 4.69) is 5.32 Å². The summed E-state index contributed by atoms with van der Waals surface area (Å²) in [6.07, 6.45) is 5.03. The van der Waals surface area contributed by atoms with Crippen LogP contribution in [0.4, 0.5) is 4.39 Å². The number of nitrogens with one attached hydrogen (secondary N) is 1. The monoisotopic (exact) mass is 523 g/mol. The number of carbonyl (C=O) groups excluding carboxylic acids is 2. The van der Waals surface area contributed by atoms with E-state index in [1.165, 1.54) is 60.5 Å². The zero-order valence-electron chi connectivity index (χ0n) is 19.9. The van der Waals surface area contributed by atoms with Crippen LogP contribution in [0, 0.1) is 5.82 Å². The summed E-state index contributed by atoms with van der Waals surface area (Å²) in [5, 5.41) is 3.42. The lowest BCUT2D eigenvalue weighted by Gasteiger charge is -2.32. The average molecular weight is 524 g/mol. The summed E-state index contributed by atoms with van der Waals surface area (Å²) in [4.78, 5) is 27.7. The summed E-state index contributed by atoms with van der Waals surface area (Å²) < 4.78 is 40.2. The van der Waals surface area contributed by atoms with Crippen LogP contribution in [0.1, 0.15) is 44.6 Å². The van der Waals surface area contributed by atoms with Crippen LogP contribution in [0.25, 0.3) is 0 Å². The summed E-state index contributed by atoms with van der Waals surface area (Å²) >= 11 is 5.86. The lowest BCUT2D eigenvalue weighted by Crippen LogP contribution is -2.52. The van der Waals surface area contributed by atoms with Crippen LogP contribution in [0.5, 0.6) is 0 Å². The minimum Gasteiger partial charge on any atom is -0.352 e. The largest absolute Gasteiger partial charge is 0.352 e. The van der Waals surface area contributed by atoms with Crippen molar-refractivity contribution in [2.45, 2.75) is 62.6 Å². The highest BCUT2D eigenvalue weighted by atomic mass is 35.5. The number of likely N-dealkylation sites (N-methyl/N-ethyl adjacent to an activating group) is 1. The highest BCUT2D eigenvalue weighted by molar-refractivity contribution is 7.89. The van der Waals surface area contributed by atoms with Gasteiger partial charge in [-0.2, -0.15) is 4.31 Å². The van der Waals surface area contributed by atoms with E-state index in [4.69, 9.17) is 11.6 Å². The van der Waals surface area contributed by atoms with E-state index in [1.54, 1.807) is 6.92 Å². The Labute approximate surface area is 211 Å². The Kier molecular flexibility index (Phi) is 9.27. The van der Waals surface area contributed by atoms with E-state index in [0.717, 1.165) is 36.4 Å². The Morgan fingerprint density at radius 3 is 2.26 bits per heavy atom. The molecule has 35 heavy (non-hydrogen) atoms. The molecule has 0 spiro atoms. The van der Waals surface area contributed by atoms with E-state index in [1.807, 2.05) is 0 Å². The van der Waals surface area contributed by atoms with Crippen molar-refractivity contribution in [3.8, 4) is 0 Å². The van der Waals surface area contributed by atoms with Gasteiger partial charge in [0.25, 0.3) is 0 Å². The molecule has 7 nitrogen and oxygen atoms in total. The van der Waals surface area contributed by atoms with Gasteiger partial charge < -0.3 is 10.2 Å². The van der Waals surface area contributed by atoms with Crippen molar-refractivity contribution < 1.29 is 22.4 Å². The van der Waals surface area contributed by atoms with Crippen molar-refractivity contribution in [1.82, 2.24) is 14.5 Å². The smallest absolute Gasteiger partial charge is 0.243 e. The molecule has 0 radical (unpaired) electrons. The topological polar surface area (TPSA) is 86.8 Å². The zero-order chi connectivity index (χ0) is 25.6. The molecule has 0 heterocycles. The van der Waals surface area contributed by atoms with Gasteiger partial charge in [-0.15, -0.1) is 0 Å². The highest BCUT2D eigenvalue weighted by Gasteiger charge is 2.31. The van der Waals surface area contributed by atoms with Gasteiger partial charge in [0.2, 0.25) is 21.8 Å². The van der Waals surface area contributed by atoms with Gasteiger partial charge in [-0.25, -0.2) is 12.8 Å². The van der Waals surface area contributed by atoms with Crippen LogP contribution in [0.3, 0.4) is 0 Å². The Morgan fingerprint density at radius 2 is 1.66 bits per heavy atom. The van der Waals surface area contributed by atoms with Crippen LogP contribution in [-0.4, -0.2) is 55.1 Å². The first-order valence-electron chi connectivity index (χ1n) is 11.6. The molecular formula is C25H31ClFN3O4S. The van der Waals surface area contributed by atoms with E-state index in [9.17, 15) is 22.4 Å². The second-order valence-corrected chi connectivity index (χ2v) is 11.4. The molecule has 2 aromatic carbocycles. The number of benzene rings is 2. The first-order valence-corrected chi connectivity index (χ1v) is 13.5. The van der Waals surface area contributed by atoms with E-state index in [-0.39, 0.29) is 23.4 Å².